The van der Waals surface area contributed by atoms with E-state index in [4.69, 9.17) is 5.11 Å². The molecule has 1 saturated heterocycles. The number of carbonyl (C=O) groups excluding carboxylic acids is 1. The summed E-state index contributed by atoms with van der Waals surface area (Å²) < 4.78 is 0. The van der Waals surface area contributed by atoms with Crippen molar-refractivity contribution < 1.29 is 14.7 Å². The molecule has 1 fully saturated rings. The average Bonchev–Trinajstić information content (AvgIpc) is 2.50. The lowest BCUT2D eigenvalue weighted by Gasteiger charge is -2.14. The molecule has 0 aromatic rings. The van der Waals surface area contributed by atoms with Crippen molar-refractivity contribution in [3.05, 3.63) is 0 Å². The van der Waals surface area contributed by atoms with Crippen molar-refractivity contribution in [2.75, 3.05) is 13.1 Å². The third-order valence-corrected chi connectivity index (χ3v) is 2.40. The molecule has 4 nitrogen and oxygen atoms in total. The number of likely N-dealkylation sites (tertiary alicyclic amines) is 1. The number of nitrogens with zero attached hydrogens (tertiary/aromatic N) is 1. The highest BCUT2D eigenvalue weighted by Crippen LogP contribution is 2.19. The third-order valence-electron chi connectivity index (χ3n) is 2.40. The first-order valence-electron chi connectivity index (χ1n) is 4.63. The summed E-state index contributed by atoms with van der Waals surface area (Å²) in [4.78, 5) is 23.4. The standard InChI is InChI=1S/C9H15NO3/c1-2-8(11)10-4-3-7(6-10)5-9(12)13/h7H,2-6H2,1H3,(H,12,13). The van der Waals surface area contributed by atoms with Crippen molar-refractivity contribution in [2.45, 2.75) is 26.2 Å². The predicted octanol–water partition coefficient (Wildman–Crippen LogP) is 0.720. The van der Waals surface area contributed by atoms with Crippen LogP contribution in [0.4, 0.5) is 0 Å². The van der Waals surface area contributed by atoms with Gasteiger partial charge in [0, 0.05) is 25.9 Å². The van der Waals surface area contributed by atoms with Gasteiger partial charge in [0.25, 0.3) is 0 Å². The highest BCUT2D eigenvalue weighted by Gasteiger charge is 2.26. The largest absolute Gasteiger partial charge is 0.481 e. The lowest BCUT2D eigenvalue weighted by molar-refractivity contribution is -0.138. The number of aliphatic carboxylic acids is 1. The van der Waals surface area contributed by atoms with Crippen LogP contribution in [0.25, 0.3) is 0 Å². The second kappa shape index (κ2) is 4.25. The van der Waals surface area contributed by atoms with E-state index < -0.39 is 5.97 Å². The second-order valence-electron chi connectivity index (χ2n) is 3.45. The van der Waals surface area contributed by atoms with Gasteiger partial charge in [-0.25, -0.2) is 0 Å². The van der Waals surface area contributed by atoms with Crippen molar-refractivity contribution >= 4 is 11.9 Å². The quantitative estimate of drug-likeness (QED) is 0.704. The van der Waals surface area contributed by atoms with E-state index in [1.807, 2.05) is 6.92 Å². The van der Waals surface area contributed by atoms with E-state index in [9.17, 15) is 9.59 Å². The monoisotopic (exact) mass is 185 g/mol. The summed E-state index contributed by atoms with van der Waals surface area (Å²) in [6, 6.07) is 0. The third kappa shape index (κ3) is 2.72. The van der Waals surface area contributed by atoms with Crippen LogP contribution in [-0.2, 0) is 9.59 Å². The zero-order valence-corrected chi connectivity index (χ0v) is 7.82. The lowest BCUT2D eigenvalue weighted by Crippen LogP contribution is -2.28. The zero-order valence-electron chi connectivity index (χ0n) is 7.82. The maximum absolute atomic E-state index is 11.2. The normalized spacial score (nSPS) is 21.9. The molecule has 4 heteroatoms. The highest BCUT2D eigenvalue weighted by molar-refractivity contribution is 5.76. The summed E-state index contributed by atoms with van der Waals surface area (Å²) in [5, 5.41) is 8.55. The summed E-state index contributed by atoms with van der Waals surface area (Å²) in [5.74, 6) is -0.475. The van der Waals surface area contributed by atoms with Crippen molar-refractivity contribution in [2.24, 2.45) is 5.92 Å². The number of amides is 1. The fraction of sp³-hybridized carbons (Fsp3) is 0.778. The fourth-order valence-corrected chi connectivity index (χ4v) is 1.70. The topological polar surface area (TPSA) is 57.6 Å². The van der Waals surface area contributed by atoms with Crippen molar-refractivity contribution in [3.63, 3.8) is 0 Å². The van der Waals surface area contributed by atoms with Crippen LogP contribution >= 0.6 is 0 Å². The summed E-state index contributed by atoms with van der Waals surface area (Å²) in [6.07, 6.45) is 1.53. The van der Waals surface area contributed by atoms with Crippen LogP contribution in [0.3, 0.4) is 0 Å². The Morgan fingerprint density at radius 1 is 1.54 bits per heavy atom. The van der Waals surface area contributed by atoms with Crippen LogP contribution in [0.5, 0.6) is 0 Å². The summed E-state index contributed by atoms with van der Waals surface area (Å²) in [7, 11) is 0. The molecular weight excluding hydrogens is 170 g/mol. The lowest BCUT2D eigenvalue weighted by atomic mass is 10.1. The molecule has 0 spiro atoms. The van der Waals surface area contributed by atoms with Crippen molar-refractivity contribution in [1.82, 2.24) is 4.90 Å². The number of carboxylic acid groups (broad SMARTS) is 1. The molecule has 1 atom stereocenters. The fourth-order valence-electron chi connectivity index (χ4n) is 1.70. The Hall–Kier alpha value is -1.06. The Kier molecular flexibility index (Phi) is 3.28. The van der Waals surface area contributed by atoms with Gasteiger partial charge in [-0.15, -0.1) is 0 Å². The number of rotatable bonds is 3. The number of hydrogen-bond donors (Lipinski definition) is 1. The molecule has 1 heterocycles. The van der Waals surface area contributed by atoms with Crippen LogP contribution in [-0.4, -0.2) is 35.0 Å². The van der Waals surface area contributed by atoms with Crippen LogP contribution < -0.4 is 0 Å². The van der Waals surface area contributed by atoms with Crippen molar-refractivity contribution in [1.29, 1.82) is 0 Å². The summed E-state index contributed by atoms with van der Waals surface area (Å²) in [6.45, 7) is 3.18. The van der Waals surface area contributed by atoms with Gasteiger partial charge in [0.1, 0.15) is 0 Å². The number of hydrogen-bond acceptors (Lipinski definition) is 2. The molecule has 13 heavy (non-hydrogen) atoms. The Morgan fingerprint density at radius 2 is 2.23 bits per heavy atom. The Morgan fingerprint density at radius 3 is 2.77 bits per heavy atom. The minimum Gasteiger partial charge on any atom is -0.481 e. The van der Waals surface area contributed by atoms with Crippen LogP contribution in [0.15, 0.2) is 0 Å². The van der Waals surface area contributed by atoms with Gasteiger partial charge < -0.3 is 10.0 Å². The van der Waals surface area contributed by atoms with Gasteiger partial charge in [-0.05, 0) is 12.3 Å². The van der Waals surface area contributed by atoms with Gasteiger partial charge in [0.15, 0.2) is 0 Å². The Labute approximate surface area is 77.5 Å². The maximum atomic E-state index is 11.2. The van der Waals surface area contributed by atoms with Gasteiger partial charge in [0.05, 0.1) is 0 Å². The number of carboxylic acids is 1. The van der Waals surface area contributed by atoms with Crippen LogP contribution in [0.2, 0.25) is 0 Å². The second-order valence-corrected chi connectivity index (χ2v) is 3.45. The SMILES string of the molecule is CCC(=O)N1CCC(CC(=O)O)C1. The highest BCUT2D eigenvalue weighted by atomic mass is 16.4. The molecule has 1 aliphatic heterocycles. The summed E-state index contributed by atoms with van der Waals surface area (Å²) >= 11 is 0. The molecular formula is C9H15NO3. The smallest absolute Gasteiger partial charge is 0.303 e. The molecule has 1 N–H and O–H groups in total. The molecule has 74 valence electrons. The zero-order chi connectivity index (χ0) is 9.84. The Balaban J connectivity index is 2.36. The minimum absolute atomic E-state index is 0.132. The van der Waals surface area contributed by atoms with E-state index in [-0.39, 0.29) is 18.2 Å². The van der Waals surface area contributed by atoms with Crippen molar-refractivity contribution in [3.8, 4) is 0 Å². The van der Waals surface area contributed by atoms with Gasteiger partial charge in [-0.1, -0.05) is 6.92 Å². The van der Waals surface area contributed by atoms with Gasteiger partial charge >= 0.3 is 5.97 Å². The first-order chi connectivity index (χ1) is 6.13. The molecule has 1 amide bonds. The van der Waals surface area contributed by atoms with Gasteiger partial charge in [0.2, 0.25) is 5.91 Å². The molecule has 1 unspecified atom stereocenters. The van der Waals surface area contributed by atoms with E-state index >= 15 is 0 Å². The van der Waals surface area contributed by atoms with E-state index in [1.54, 1.807) is 4.90 Å². The predicted molar refractivity (Wildman–Crippen MR) is 47.2 cm³/mol. The van der Waals surface area contributed by atoms with Gasteiger partial charge in [-0.3, -0.25) is 9.59 Å². The average molecular weight is 185 g/mol. The molecule has 0 aliphatic carbocycles. The van der Waals surface area contributed by atoms with E-state index in [2.05, 4.69) is 0 Å². The van der Waals surface area contributed by atoms with E-state index in [1.165, 1.54) is 0 Å². The number of carbonyl (C=O) groups is 2. The molecule has 0 saturated carbocycles. The van der Waals surface area contributed by atoms with Crippen LogP contribution in [0, 0.1) is 5.92 Å². The molecule has 1 rings (SSSR count). The van der Waals surface area contributed by atoms with Gasteiger partial charge in [-0.2, -0.15) is 0 Å². The Bertz CT molecular complexity index is 215. The van der Waals surface area contributed by atoms with E-state index in [0.29, 0.717) is 13.0 Å². The molecule has 0 radical (unpaired) electrons. The first-order valence-corrected chi connectivity index (χ1v) is 4.63. The summed E-state index contributed by atoms with van der Waals surface area (Å²) in [5.41, 5.74) is 0. The molecule has 0 aromatic carbocycles. The maximum Gasteiger partial charge on any atom is 0.303 e. The first kappa shape index (κ1) is 10.0. The van der Waals surface area contributed by atoms with Crippen LogP contribution in [0.1, 0.15) is 26.2 Å². The molecule has 0 bridgehead atoms. The molecule has 0 aromatic heterocycles. The minimum atomic E-state index is -0.768. The van der Waals surface area contributed by atoms with E-state index in [0.717, 1.165) is 13.0 Å². The molecule has 1 aliphatic rings.